The molecule has 6 aliphatic rings. The maximum absolute atomic E-state index is 15.7. The van der Waals surface area contributed by atoms with E-state index in [9.17, 15) is 47.8 Å². The largest absolute Gasteiger partial charge is 0.509 e. The van der Waals surface area contributed by atoms with Gasteiger partial charge in [-0.25, -0.2) is 28.0 Å². The van der Waals surface area contributed by atoms with Crippen molar-refractivity contribution in [1.29, 1.82) is 0 Å². The first-order valence-electron chi connectivity index (χ1n) is 20.6. The molecule has 3 N–H and O–H groups in total. The molecule has 0 aromatic heterocycles. The van der Waals surface area contributed by atoms with E-state index < -0.39 is 143 Å². The minimum Gasteiger partial charge on any atom is -0.454 e. The highest BCUT2D eigenvalue weighted by molar-refractivity contribution is 5.96. The van der Waals surface area contributed by atoms with Crippen molar-refractivity contribution in [3.8, 4) is 0 Å². The number of ketones is 1. The van der Waals surface area contributed by atoms with Gasteiger partial charge in [-0.1, -0.05) is 32.0 Å². The molecule has 4 aliphatic carbocycles. The van der Waals surface area contributed by atoms with Gasteiger partial charge < -0.3 is 53.4 Å². The lowest BCUT2D eigenvalue weighted by Gasteiger charge is -2.67. The first-order chi connectivity index (χ1) is 29.3. The summed E-state index contributed by atoms with van der Waals surface area (Å²) in [5.41, 5.74) is -9.99. The molecule has 1 spiro atoms. The van der Waals surface area contributed by atoms with E-state index in [4.69, 9.17) is 37.9 Å². The van der Waals surface area contributed by atoms with E-state index in [1.54, 1.807) is 11.4 Å². The van der Waals surface area contributed by atoms with Crippen molar-refractivity contribution in [1.82, 2.24) is 5.32 Å². The van der Waals surface area contributed by atoms with Gasteiger partial charge in [0.25, 0.3) is 6.43 Å². The van der Waals surface area contributed by atoms with Crippen LogP contribution in [0.3, 0.4) is 0 Å². The number of hydrogen-bond donors (Lipinski definition) is 3. The molecule has 2 aliphatic heterocycles. The van der Waals surface area contributed by atoms with E-state index in [0.717, 1.165) is 6.92 Å². The number of hydrogen-bond acceptors (Lipinski definition) is 17. The number of ether oxygens (including phenoxy) is 8. The summed E-state index contributed by atoms with van der Waals surface area (Å²) in [5.74, 6) is -7.83. The summed E-state index contributed by atoms with van der Waals surface area (Å²) in [4.78, 5) is 97.4. The van der Waals surface area contributed by atoms with E-state index >= 15 is 4.79 Å². The van der Waals surface area contributed by atoms with Crippen LogP contribution in [-0.2, 0) is 57.1 Å². The molecule has 3 saturated carbocycles. The molecule has 1 aromatic rings. The first kappa shape index (κ1) is 45.8. The number of amides is 1. The van der Waals surface area contributed by atoms with Crippen molar-refractivity contribution >= 4 is 41.9 Å². The van der Waals surface area contributed by atoms with Crippen molar-refractivity contribution < 1.29 is 90.5 Å². The smallest absolute Gasteiger partial charge is 0.454 e. The van der Waals surface area contributed by atoms with E-state index in [-0.39, 0.29) is 23.1 Å². The van der Waals surface area contributed by atoms with Crippen LogP contribution in [-0.4, -0.2) is 131 Å². The zero-order chi connectivity index (χ0) is 46.4. The number of halogens is 2. The van der Waals surface area contributed by atoms with Crippen LogP contribution in [0.25, 0.3) is 0 Å². The number of aliphatic hydroxyl groups is 2. The van der Waals surface area contributed by atoms with Crippen molar-refractivity contribution in [2.45, 2.75) is 147 Å². The zero-order valence-corrected chi connectivity index (χ0v) is 35.8. The Morgan fingerprint density at radius 2 is 1.63 bits per heavy atom. The molecule has 0 radical (unpaired) electrons. The minimum absolute atomic E-state index is 0.0384. The highest BCUT2D eigenvalue weighted by atomic mass is 19.3. The molecule has 1 aromatic carbocycles. The highest BCUT2D eigenvalue weighted by Gasteiger charge is 2.83. The molecular weight excluding hydrogens is 840 g/mol. The molecule has 2 saturated heterocycles. The Bertz CT molecular complexity index is 2120. The molecule has 5 fully saturated rings. The van der Waals surface area contributed by atoms with Crippen molar-refractivity contribution in [3.05, 3.63) is 47.0 Å². The lowest BCUT2D eigenvalue weighted by molar-refractivity contribution is -0.345. The average molecular weight is 892 g/mol. The summed E-state index contributed by atoms with van der Waals surface area (Å²) in [6, 6.07) is 4.87. The summed E-state index contributed by atoms with van der Waals surface area (Å²) in [5, 5.41) is 25.1. The van der Waals surface area contributed by atoms with E-state index in [2.05, 4.69) is 0 Å². The van der Waals surface area contributed by atoms with Crippen LogP contribution in [0.15, 0.2) is 41.5 Å². The number of carbonyl (C=O) groups is 7. The third kappa shape index (κ3) is 7.40. The van der Waals surface area contributed by atoms with Gasteiger partial charge in [-0.3, -0.25) is 14.4 Å². The molecule has 63 heavy (non-hydrogen) atoms. The molecule has 20 heteroatoms. The number of Topliss-reactive ketones (excluding diaryl/α,β-unsaturated/α-hetero) is 1. The highest BCUT2D eigenvalue weighted by Crippen LogP contribution is 2.67. The molecule has 7 rings (SSSR count). The van der Waals surface area contributed by atoms with Crippen LogP contribution in [0.1, 0.15) is 85.0 Å². The summed E-state index contributed by atoms with van der Waals surface area (Å²) in [7, 11) is 0. The number of benzene rings is 1. The molecule has 2 bridgehead atoms. The fraction of sp³-hybridized carbons (Fsp3) is 0.651. The normalized spacial score (nSPS) is 35.0. The van der Waals surface area contributed by atoms with Crippen LogP contribution in [0.2, 0.25) is 0 Å². The van der Waals surface area contributed by atoms with Gasteiger partial charge >= 0.3 is 36.1 Å². The second-order valence-corrected chi connectivity index (χ2v) is 18.7. The number of rotatable bonds is 10. The Hall–Kier alpha value is -5.21. The third-order valence-electron chi connectivity index (χ3n) is 13.3. The first-order valence-corrected chi connectivity index (χ1v) is 20.6. The standard InChI is InChI=1S/C43H51F2NO17/c1-18-24-28(58-34(51)21-14-15-21)30(50)41(8)22(48)16-23-42(17-56-23,61-19(2)47)29(41)32(59-35(52)20-12-10-9-11-13-20)43(40(24,6)7)31(60-38(55)63-43)27(18)57-36(53)26(49)25(33(44)45)46-37(54)62-39(3,4)5/h9-13,21-23,25-29,31-33,48-49H,14-17H2,1-8H3,(H,46,54)/t22-,23+,25+,26+,27+,28+,29-,31-,32-,41+,42-,43+/m0/s1. The summed E-state index contributed by atoms with van der Waals surface area (Å²) < 4.78 is 76.4. The van der Waals surface area contributed by atoms with Crippen LogP contribution in [0.4, 0.5) is 18.4 Å². The van der Waals surface area contributed by atoms with Gasteiger partial charge in [-0.05, 0) is 70.7 Å². The lowest BCUT2D eigenvalue weighted by Crippen LogP contribution is -2.83. The number of aliphatic hydroxyl groups excluding tert-OH is 2. The number of nitrogens with one attached hydrogen (secondary N) is 1. The zero-order valence-electron chi connectivity index (χ0n) is 35.8. The topological polar surface area (TPSA) is 246 Å². The average Bonchev–Trinajstić information content (AvgIpc) is 3.98. The Balaban J connectivity index is 1.47. The Morgan fingerprint density at radius 3 is 2.19 bits per heavy atom. The molecular formula is C43H51F2NO17. The predicted octanol–water partition coefficient (Wildman–Crippen LogP) is 3.27. The fourth-order valence-electron chi connectivity index (χ4n) is 10.2. The number of alkyl halides is 2. The Labute approximate surface area is 360 Å². The van der Waals surface area contributed by atoms with Gasteiger partial charge in [0.1, 0.15) is 17.7 Å². The van der Waals surface area contributed by atoms with Crippen LogP contribution >= 0.6 is 0 Å². The molecule has 12 atom stereocenters. The fourth-order valence-corrected chi connectivity index (χ4v) is 10.2. The summed E-state index contributed by atoms with van der Waals surface area (Å²) in [6.45, 7) is 10.6. The third-order valence-corrected chi connectivity index (χ3v) is 13.3. The molecule has 344 valence electrons. The van der Waals surface area contributed by atoms with Gasteiger partial charge in [0, 0.05) is 18.8 Å². The van der Waals surface area contributed by atoms with Gasteiger partial charge in [-0.2, -0.15) is 0 Å². The van der Waals surface area contributed by atoms with E-state index in [0.29, 0.717) is 12.8 Å². The van der Waals surface area contributed by atoms with Crippen molar-refractivity contribution in [2.24, 2.45) is 22.7 Å². The van der Waals surface area contributed by atoms with Crippen molar-refractivity contribution in [2.75, 3.05) is 6.61 Å². The summed E-state index contributed by atoms with van der Waals surface area (Å²) >= 11 is 0. The number of alkyl carbamates (subject to hydrolysis) is 1. The van der Waals surface area contributed by atoms with Gasteiger partial charge in [0.2, 0.25) is 5.60 Å². The maximum Gasteiger partial charge on any atom is 0.509 e. The maximum atomic E-state index is 15.7. The Kier molecular flexibility index (Phi) is 11.5. The monoisotopic (exact) mass is 891 g/mol. The number of esters is 4. The second-order valence-electron chi connectivity index (χ2n) is 18.7. The minimum atomic E-state index is -3.58. The van der Waals surface area contributed by atoms with Crippen LogP contribution in [0.5, 0.6) is 0 Å². The summed E-state index contributed by atoms with van der Waals surface area (Å²) in [6.07, 6.45) is -19.4. The van der Waals surface area contributed by atoms with Crippen LogP contribution < -0.4 is 5.32 Å². The molecule has 18 nitrogen and oxygen atoms in total. The van der Waals surface area contributed by atoms with Gasteiger partial charge in [-0.15, -0.1) is 0 Å². The predicted molar refractivity (Wildman–Crippen MR) is 205 cm³/mol. The molecule has 0 unspecified atom stereocenters. The number of fused-ring (bicyclic) bond motifs is 4. The number of carbonyl (C=O) groups excluding carboxylic acids is 7. The van der Waals surface area contributed by atoms with Crippen LogP contribution in [0, 0.1) is 22.7 Å². The van der Waals surface area contributed by atoms with Gasteiger partial charge in [0.05, 0.1) is 35.5 Å². The molecule has 2 heterocycles. The SMILES string of the molecule is CC(=O)O[C@@]12CO[C@@H]1C[C@H](O)[C@@]1(C)C(=O)[C@H](OC(=O)C3CC3)C3=C(C)[C@@H](OC(=O)[C@H](O)[C@@H](NC(=O)OC(C)(C)C)C(F)F)[C@@H]4OC(=O)O[C@]4([C@@H](OC(=O)c4ccccc4)[C@H]21)C3(C)C. The Morgan fingerprint density at radius 1 is 0.984 bits per heavy atom. The lowest BCUT2D eigenvalue weighted by atomic mass is 9.44. The second kappa shape index (κ2) is 15.8. The quantitative estimate of drug-likeness (QED) is 0.173. The van der Waals surface area contributed by atoms with E-state index in [1.165, 1.54) is 72.7 Å². The van der Waals surface area contributed by atoms with Crippen molar-refractivity contribution in [3.63, 3.8) is 0 Å². The van der Waals surface area contributed by atoms with E-state index in [1.807, 2.05) is 0 Å². The molecule has 1 amide bonds. The van der Waals surface area contributed by atoms with Gasteiger partial charge in [0.15, 0.2) is 41.9 Å².